The molecule has 0 saturated carbocycles. The van der Waals surface area contributed by atoms with Crippen LogP contribution >= 0.6 is 0 Å². The van der Waals surface area contributed by atoms with Gasteiger partial charge in [-0.15, -0.1) is 0 Å². The van der Waals surface area contributed by atoms with Crippen molar-refractivity contribution in [2.24, 2.45) is 0 Å². The number of methoxy groups -OCH3 is 3. The third-order valence-corrected chi connectivity index (χ3v) is 2.15. The fourth-order valence-corrected chi connectivity index (χ4v) is 1.43. The van der Waals surface area contributed by atoms with Gasteiger partial charge < -0.3 is 29.6 Å². The SMILES string of the molecule is COC(C(=O)[O-])=C(OC)c1ccccc1OC.[Fe+3].[O-2]. The Labute approximate surface area is 121 Å². The molecule has 0 aromatic heterocycles. The molecule has 1 radical (unpaired) electrons. The topological polar surface area (TPSA) is 96.3 Å². The summed E-state index contributed by atoms with van der Waals surface area (Å²) < 4.78 is 14.9. The zero-order valence-corrected chi connectivity index (χ0v) is 11.7. The van der Waals surface area contributed by atoms with E-state index in [-0.39, 0.29) is 34.1 Å². The summed E-state index contributed by atoms with van der Waals surface area (Å²) in [5.74, 6) is -1.28. The molecule has 0 unspecified atom stereocenters. The Bertz CT molecular complexity index is 444. The molecule has 7 heteroatoms. The molecule has 0 amide bonds. The van der Waals surface area contributed by atoms with E-state index in [1.165, 1.54) is 21.3 Å². The molecule has 0 N–H and O–H groups in total. The third-order valence-electron chi connectivity index (χ3n) is 2.15. The summed E-state index contributed by atoms with van der Waals surface area (Å²) in [4.78, 5) is 10.9. The first-order valence-electron chi connectivity index (χ1n) is 4.82. The van der Waals surface area contributed by atoms with Gasteiger partial charge >= 0.3 is 17.1 Å². The molecule has 105 valence electrons. The molecular weight excluding hydrogens is 296 g/mol. The van der Waals surface area contributed by atoms with Gasteiger partial charge in [0.2, 0.25) is 0 Å². The molecular formula is C12H13FeO6. The van der Waals surface area contributed by atoms with Gasteiger partial charge in [-0.2, -0.15) is 0 Å². The van der Waals surface area contributed by atoms with Crippen molar-refractivity contribution in [3.05, 3.63) is 35.6 Å². The minimum absolute atomic E-state index is 0. The molecule has 0 spiro atoms. The second-order valence-electron chi connectivity index (χ2n) is 3.05. The second kappa shape index (κ2) is 9.27. The number of carbonyl (C=O) groups excluding carboxylic acids is 1. The average molecular weight is 309 g/mol. The van der Waals surface area contributed by atoms with Crippen molar-refractivity contribution in [2.45, 2.75) is 0 Å². The van der Waals surface area contributed by atoms with E-state index in [0.29, 0.717) is 11.3 Å². The van der Waals surface area contributed by atoms with Crippen LogP contribution in [0.15, 0.2) is 30.0 Å². The van der Waals surface area contributed by atoms with Crippen LogP contribution in [0.5, 0.6) is 5.75 Å². The van der Waals surface area contributed by atoms with Gasteiger partial charge in [0.05, 0.1) is 26.9 Å². The summed E-state index contributed by atoms with van der Waals surface area (Å²) in [6.07, 6.45) is 0. The Hall–Kier alpha value is -1.69. The average Bonchev–Trinajstić information content (AvgIpc) is 2.35. The zero-order chi connectivity index (χ0) is 12.8. The Morgan fingerprint density at radius 1 is 1.11 bits per heavy atom. The van der Waals surface area contributed by atoms with E-state index in [4.69, 9.17) is 14.2 Å². The normalized spacial score (nSPS) is 10.3. The van der Waals surface area contributed by atoms with Crippen molar-refractivity contribution in [3.8, 4) is 5.75 Å². The summed E-state index contributed by atoms with van der Waals surface area (Å²) in [5.41, 5.74) is 0.485. The van der Waals surface area contributed by atoms with Crippen molar-refractivity contribution >= 4 is 11.7 Å². The van der Waals surface area contributed by atoms with Crippen LogP contribution < -0.4 is 9.84 Å². The number of aliphatic carboxylic acids is 1. The molecule has 0 aliphatic heterocycles. The Balaban J connectivity index is 0. The van der Waals surface area contributed by atoms with Gasteiger partial charge in [-0.25, -0.2) is 0 Å². The molecule has 0 aliphatic carbocycles. The summed E-state index contributed by atoms with van der Waals surface area (Å²) in [6.45, 7) is 0. The molecule has 0 heterocycles. The maximum Gasteiger partial charge on any atom is 3.00 e. The number of hydrogen-bond acceptors (Lipinski definition) is 5. The maximum atomic E-state index is 10.9. The molecule has 0 fully saturated rings. The van der Waals surface area contributed by atoms with Crippen molar-refractivity contribution in [1.82, 2.24) is 0 Å². The second-order valence-corrected chi connectivity index (χ2v) is 3.05. The summed E-state index contributed by atoms with van der Waals surface area (Å²) in [7, 11) is 4.07. The van der Waals surface area contributed by atoms with Gasteiger partial charge in [-0.05, 0) is 12.1 Å². The smallest absolute Gasteiger partial charge is 2.00 e. The quantitative estimate of drug-likeness (QED) is 0.442. The van der Waals surface area contributed by atoms with Crippen LogP contribution in [0.25, 0.3) is 5.76 Å². The predicted molar refractivity (Wildman–Crippen MR) is 59.6 cm³/mol. The zero-order valence-electron chi connectivity index (χ0n) is 10.6. The van der Waals surface area contributed by atoms with E-state index in [9.17, 15) is 9.90 Å². The van der Waals surface area contributed by atoms with E-state index in [0.717, 1.165) is 0 Å². The van der Waals surface area contributed by atoms with Crippen LogP contribution in [0, 0.1) is 0 Å². The van der Waals surface area contributed by atoms with Crippen molar-refractivity contribution in [1.29, 1.82) is 0 Å². The van der Waals surface area contributed by atoms with E-state index in [1.807, 2.05) is 0 Å². The molecule has 0 aliphatic rings. The standard InChI is InChI=1S/C12H14O5.Fe.O/c1-15-9-7-5-4-6-8(9)10(16-2)11(17-3)12(13)14;;/h4-7H,1-3H3,(H,13,14);;/q;+3;-2/p-1. The number of carboxylic acid groups (broad SMARTS) is 1. The van der Waals surface area contributed by atoms with Crippen molar-refractivity contribution < 1.29 is 46.7 Å². The van der Waals surface area contributed by atoms with Gasteiger partial charge in [-0.1, -0.05) is 12.1 Å². The summed E-state index contributed by atoms with van der Waals surface area (Å²) in [5, 5.41) is 10.9. The number of carboxylic acids is 1. The molecule has 6 nitrogen and oxygen atoms in total. The van der Waals surface area contributed by atoms with Crippen LogP contribution in [0.1, 0.15) is 5.56 Å². The molecule has 0 atom stereocenters. The molecule has 1 aromatic rings. The largest absolute Gasteiger partial charge is 3.00 e. The number of ether oxygens (including phenoxy) is 3. The van der Waals surface area contributed by atoms with E-state index in [1.54, 1.807) is 24.3 Å². The maximum absolute atomic E-state index is 10.9. The molecule has 1 aromatic carbocycles. The number of benzene rings is 1. The van der Waals surface area contributed by atoms with Gasteiger partial charge in [0, 0.05) is 0 Å². The Morgan fingerprint density at radius 3 is 2.11 bits per heavy atom. The first-order valence-corrected chi connectivity index (χ1v) is 4.82. The number of hydrogen-bond donors (Lipinski definition) is 0. The van der Waals surface area contributed by atoms with E-state index < -0.39 is 5.97 Å². The van der Waals surface area contributed by atoms with E-state index in [2.05, 4.69) is 0 Å². The third kappa shape index (κ3) is 4.48. The van der Waals surface area contributed by atoms with Crippen LogP contribution in [0.2, 0.25) is 0 Å². The fraction of sp³-hybridized carbons (Fsp3) is 0.250. The molecule has 1 rings (SSSR count). The monoisotopic (exact) mass is 309 g/mol. The minimum Gasteiger partial charge on any atom is -2.00 e. The Morgan fingerprint density at radius 2 is 1.68 bits per heavy atom. The summed E-state index contributed by atoms with van der Waals surface area (Å²) in [6, 6.07) is 6.86. The molecule has 19 heavy (non-hydrogen) atoms. The van der Waals surface area contributed by atoms with Crippen LogP contribution in [-0.2, 0) is 36.8 Å². The van der Waals surface area contributed by atoms with Gasteiger partial charge in [0.15, 0.2) is 11.5 Å². The van der Waals surface area contributed by atoms with Gasteiger partial charge in [-0.3, -0.25) is 0 Å². The first-order chi connectivity index (χ1) is 8.15. The van der Waals surface area contributed by atoms with Crippen LogP contribution in [0.3, 0.4) is 0 Å². The number of rotatable bonds is 5. The minimum atomic E-state index is -1.45. The molecule has 0 bridgehead atoms. The van der Waals surface area contributed by atoms with Crippen LogP contribution in [-0.4, -0.2) is 27.3 Å². The van der Waals surface area contributed by atoms with Crippen molar-refractivity contribution in [2.75, 3.05) is 21.3 Å². The van der Waals surface area contributed by atoms with Gasteiger partial charge in [0.1, 0.15) is 11.7 Å². The summed E-state index contributed by atoms with van der Waals surface area (Å²) >= 11 is 0. The fourth-order valence-electron chi connectivity index (χ4n) is 1.43. The molecule has 0 saturated heterocycles. The predicted octanol–water partition coefficient (Wildman–Crippen LogP) is 0.285. The van der Waals surface area contributed by atoms with Crippen LogP contribution in [0.4, 0.5) is 0 Å². The first kappa shape index (κ1) is 19.6. The Kier molecular flexibility index (Phi) is 9.58. The van der Waals surface area contributed by atoms with Crippen molar-refractivity contribution in [3.63, 3.8) is 0 Å². The van der Waals surface area contributed by atoms with Gasteiger partial charge in [0.25, 0.3) is 0 Å². The number of carbonyl (C=O) groups is 1. The number of para-hydroxylation sites is 1. The van der Waals surface area contributed by atoms with E-state index >= 15 is 0 Å².